The minimum absolute atomic E-state index is 0.188. The van der Waals surface area contributed by atoms with Crippen molar-refractivity contribution in [3.8, 4) is 0 Å². The van der Waals surface area contributed by atoms with Gasteiger partial charge in [0.1, 0.15) is 5.82 Å². The van der Waals surface area contributed by atoms with E-state index in [2.05, 4.69) is 13.8 Å². The Kier molecular flexibility index (Phi) is 3.97. The van der Waals surface area contributed by atoms with E-state index in [0.717, 1.165) is 6.42 Å². The average molecular weight is 285 g/mol. The molecule has 1 aromatic rings. The van der Waals surface area contributed by atoms with Crippen molar-refractivity contribution in [3.05, 3.63) is 29.6 Å². The number of rotatable bonds is 2. The molecule has 3 nitrogen and oxygen atoms in total. The first kappa shape index (κ1) is 14.5. The van der Waals surface area contributed by atoms with Gasteiger partial charge in [0, 0.05) is 13.1 Å². The quantitative estimate of drug-likeness (QED) is 0.838. The number of halogens is 1. The first-order valence-corrected chi connectivity index (χ1v) is 8.01. The van der Waals surface area contributed by atoms with Gasteiger partial charge in [-0.05, 0) is 48.9 Å². The second-order valence-corrected chi connectivity index (χ2v) is 7.62. The van der Waals surface area contributed by atoms with Crippen LogP contribution < -0.4 is 0 Å². The fourth-order valence-corrected chi connectivity index (χ4v) is 4.49. The maximum Gasteiger partial charge on any atom is 0.243 e. The highest BCUT2D eigenvalue weighted by atomic mass is 32.2. The summed E-state index contributed by atoms with van der Waals surface area (Å²) in [5.74, 6) is 0.347. The van der Waals surface area contributed by atoms with Crippen molar-refractivity contribution in [2.75, 3.05) is 13.1 Å². The summed E-state index contributed by atoms with van der Waals surface area (Å²) in [5, 5.41) is 0. The molecule has 1 aromatic carbocycles. The predicted molar refractivity (Wildman–Crippen MR) is 72.8 cm³/mol. The van der Waals surface area contributed by atoms with Crippen molar-refractivity contribution < 1.29 is 12.8 Å². The van der Waals surface area contributed by atoms with E-state index >= 15 is 0 Å². The van der Waals surface area contributed by atoms with Gasteiger partial charge in [0.15, 0.2) is 0 Å². The predicted octanol–water partition coefficient (Wildman–Crippen LogP) is 2.80. The highest BCUT2D eigenvalue weighted by Gasteiger charge is 2.31. The third-order valence-corrected chi connectivity index (χ3v) is 5.43. The molecule has 1 heterocycles. The fraction of sp³-hybridized carbons (Fsp3) is 0.571. The molecule has 0 bridgehead atoms. The maximum atomic E-state index is 13.2. The van der Waals surface area contributed by atoms with Crippen LogP contribution in [0.5, 0.6) is 0 Å². The van der Waals surface area contributed by atoms with E-state index in [4.69, 9.17) is 0 Å². The number of piperidine rings is 1. The largest absolute Gasteiger partial charge is 0.243 e. The fourth-order valence-electron chi connectivity index (χ4n) is 2.73. The zero-order valence-electron chi connectivity index (χ0n) is 11.6. The summed E-state index contributed by atoms with van der Waals surface area (Å²) in [5.41, 5.74) is 0.360. The van der Waals surface area contributed by atoms with Gasteiger partial charge in [-0.2, -0.15) is 4.31 Å². The van der Waals surface area contributed by atoms with Gasteiger partial charge in [-0.15, -0.1) is 0 Å². The lowest BCUT2D eigenvalue weighted by atomic mass is 9.94. The summed E-state index contributed by atoms with van der Waals surface area (Å²) in [7, 11) is -3.50. The minimum atomic E-state index is -3.50. The number of sulfonamides is 1. The molecule has 0 saturated carbocycles. The summed E-state index contributed by atoms with van der Waals surface area (Å²) >= 11 is 0. The zero-order chi connectivity index (χ0) is 14.2. The molecular formula is C14H20FNO2S. The molecule has 0 spiro atoms. The van der Waals surface area contributed by atoms with Gasteiger partial charge in [0.25, 0.3) is 0 Å². The average Bonchev–Trinajstić information content (AvgIpc) is 2.31. The van der Waals surface area contributed by atoms with Gasteiger partial charge in [-0.1, -0.05) is 13.8 Å². The zero-order valence-corrected chi connectivity index (χ0v) is 12.4. The molecule has 2 unspecified atom stereocenters. The molecule has 106 valence electrons. The van der Waals surface area contributed by atoms with Crippen LogP contribution in [0.1, 0.15) is 25.8 Å². The first-order chi connectivity index (χ1) is 8.80. The first-order valence-electron chi connectivity index (χ1n) is 6.57. The van der Waals surface area contributed by atoms with Crippen LogP contribution >= 0.6 is 0 Å². The Morgan fingerprint density at radius 1 is 1.21 bits per heavy atom. The Hall–Kier alpha value is -0.940. The van der Waals surface area contributed by atoms with E-state index in [1.54, 1.807) is 6.92 Å². The number of hydrogen-bond donors (Lipinski definition) is 0. The highest BCUT2D eigenvalue weighted by Crippen LogP contribution is 2.27. The van der Waals surface area contributed by atoms with E-state index in [0.29, 0.717) is 30.5 Å². The van der Waals surface area contributed by atoms with Crippen LogP contribution in [-0.4, -0.2) is 25.8 Å². The lowest BCUT2D eigenvalue weighted by molar-refractivity contribution is 0.222. The lowest BCUT2D eigenvalue weighted by Gasteiger charge is -2.34. The monoisotopic (exact) mass is 285 g/mol. The molecule has 0 N–H and O–H groups in total. The normalized spacial score (nSPS) is 25.5. The topological polar surface area (TPSA) is 37.4 Å². The molecule has 1 fully saturated rings. The molecule has 1 saturated heterocycles. The summed E-state index contributed by atoms with van der Waals surface area (Å²) in [4.78, 5) is 0.188. The van der Waals surface area contributed by atoms with Crippen LogP contribution in [0.25, 0.3) is 0 Å². The Labute approximate surface area is 114 Å². The Morgan fingerprint density at radius 3 is 2.32 bits per heavy atom. The molecule has 0 radical (unpaired) electrons. The van der Waals surface area contributed by atoms with Crippen LogP contribution in [0.2, 0.25) is 0 Å². The van der Waals surface area contributed by atoms with E-state index in [1.807, 2.05) is 0 Å². The molecule has 1 aliphatic rings. The third-order valence-electron chi connectivity index (χ3n) is 3.60. The van der Waals surface area contributed by atoms with Crippen LogP contribution in [0.3, 0.4) is 0 Å². The molecule has 2 atom stereocenters. The highest BCUT2D eigenvalue weighted by molar-refractivity contribution is 7.89. The SMILES string of the molecule is Cc1cc(S(=O)(=O)N2CC(C)CC(C)C2)ccc1F. The second kappa shape index (κ2) is 5.21. The lowest BCUT2D eigenvalue weighted by Crippen LogP contribution is -2.42. The molecule has 0 amide bonds. The summed E-state index contributed by atoms with van der Waals surface area (Å²) < 4.78 is 39.9. The molecule has 2 rings (SSSR count). The van der Waals surface area contributed by atoms with Gasteiger partial charge >= 0.3 is 0 Å². The summed E-state index contributed by atoms with van der Waals surface area (Å²) in [6, 6.07) is 3.98. The van der Waals surface area contributed by atoms with Crippen LogP contribution in [-0.2, 0) is 10.0 Å². The molecule has 0 aliphatic carbocycles. The standard InChI is InChI=1S/C14H20FNO2S/c1-10-6-11(2)9-16(8-10)19(17,18)13-4-5-14(15)12(3)7-13/h4-5,7,10-11H,6,8-9H2,1-3H3. The Balaban J connectivity index is 2.33. The van der Waals surface area contributed by atoms with Crippen LogP contribution in [0.4, 0.5) is 4.39 Å². The van der Waals surface area contributed by atoms with Gasteiger partial charge < -0.3 is 0 Å². The number of hydrogen-bond acceptors (Lipinski definition) is 2. The number of benzene rings is 1. The molecular weight excluding hydrogens is 265 g/mol. The van der Waals surface area contributed by atoms with Gasteiger partial charge in [0.2, 0.25) is 10.0 Å². The van der Waals surface area contributed by atoms with Crippen molar-refractivity contribution in [1.29, 1.82) is 0 Å². The van der Waals surface area contributed by atoms with E-state index < -0.39 is 10.0 Å². The second-order valence-electron chi connectivity index (χ2n) is 5.68. The van der Waals surface area contributed by atoms with Crippen molar-refractivity contribution in [3.63, 3.8) is 0 Å². The minimum Gasteiger partial charge on any atom is -0.207 e. The van der Waals surface area contributed by atoms with Crippen molar-refractivity contribution in [2.45, 2.75) is 32.1 Å². The molecule has 1 aliphatic heterocycles. The Bertz CT molecular complexity index is 561. The van der Waals surface area contributed by atoms with E-state index in [-0.39, 0.29) is 10.7 Å². The van der Waals surface area contributed by atoms with Crippen molar-refractivity contribution in [1.82, 2.24) is 4.31 Å². The number of nitrogens with zero attached hydrogens (tertiary/aromatic N) is 1. The van der Waals surface area contributed by atoms with Gasteiger partial charge in [-0.3, -0.25) is 0 Å². The summed E-state index contributed by atoms with van der Waals surface area (Å²) in [6.45, 7) is 6.80. The van der Waals surface area contributed by atoms with Crippen LogP contribution in [0, 0.1) is 24.6 Å². The van der Waals surface area contributed by atoms with Gasteiger partial charge in [0.05, 0.1) is 4.90 Å². The third kappa shape index (κ3) is 2.98. The van der Waals surface area contributed by atoms with Crippen LogP contribution in [0.15, 0.2) is 23.1 Å². The smallest absolute Gasteiger partial charge is 0.207 e. The van der Waals surface area contributed by atoms with Crippen molar-refractivity contribution >= 4 is 10.0 Å². The van der Waals surface area contributed by atoms with Crippen molar-refractivity contribution in [2.24, 2.45) is 11.8 Å². The number of aryl methyl sites for hydroxylation is 1. The van der Waals surface area contributed by atoms with E-state index in [1.165, 1.54) is 22.5 Å². The molecule has 0 aromatic heterocycles. The Morgan fingerprint density at radius 2 is 1.79 bits per heavy atom. The molecule has 19 heavy (non-hydrogen) atoms. The van der Waals surface area contributed by atoms with E-state index in [9.17, 15) is 12.8 Å². The maximum absolute atomic E-state index is 13.2. The molecule has 5 heteroatoms. The summed E-state index contributed by atoms with van der Waals surface area (Å²) in [6.07, 6.45) is 1.05. The van der Waals surface area contributed by atoms with Gasteiger partial charge in [-0.25, -0.2) is 12.8 Å².